The fourth-order valence-electron chi connectivity index (χ4n) is 1.45. The quantitative estimate of drug-likeness (QED) is 0.776. The van der Waals surface area contributed by atoms with Gasteiger partial charge in [0.2, 0.25) is 20.0 Å². The van der Waals surface area contributed by atoms with E-state index >= 15 is 0 Å². The molecule has 0 amide bonds. The van der Waals surface area contributed by atoms with Gasteiger partial charge in [-0.1, -0.05) is 11.6 Å². The maximum atomic E-state index is 12.1. The monoisotopic (exact) mass is 341 g/mol. The Labute approximate surface area is 123 Å². The molecule has 0 aliphatic heterocycles. The molecule has 0 bridgehead atoms. The fourth-order valence-corrected chi connectivity index (χ4v) is 4.17. The molecule has 0 atom stereocenters. The van der Waals surface area contributed by atoms with Crippen molar-refractivity contribution in [2.75, 3.05) is 12.8 Å². The van der Waals surface area contributed by atoms with Crippen molar-refractivity contribution >= 4 is 31.6 Å². The minimum absolute atomic E-state index is 0.0429. The van der Waals surface area contributed by atoms with Crippen molar-refractivity contribution in [1.82, 2.24) is 14.4 Å². The second kappa shape index (κ2) is 5.94. The minimum Gasteiger partial charge on any atom is -0.263 e. The molecule has 114 valence electrons. The van der Waals surface area contributed by atoms with Crippen molar-refractivity contribution in [2.45, 2.75) is 24.3 Å². The molecular formula is C10H16ClN3O4S2. The van der Waals surface area contributed by atoms with E-state index in [-0.39, 0.29) is 16.5 Å². The molecule has 0 unspecified atom stereocenters. The zero-order valence-corrected chi connectivity index (χ0v) is 13.6. The molecule has 1 heterocycles. The third-order valence-electron chi connectivity index (χ3n) is 2.19. The van der Waals surface area contributed by atoms with Gasteiger partial charge >= 0.3 is 0 Å². The van der Waals surface area contributed by atoms with Crippen molar-refractivity contribution in [3.05, 3.63) is 23.5 Å². The van der Waals surface area contributed by atoms with Crippen molar-refractivity contribution in [2.24, 2.45) is 0 Å². The van der Waals surface area contributed by atoms with E-state index in [9.17, 15) is 16.8 Å². The Hall–Kier alpha value is -0.740. The van der Waals surface area contributed by atoms with Gasteiger partial charge in [-0.3, -0.25) is 4.98 Å². The average molecular weight is 342 g/mol. The number of rotatable bonds is 6. The lowest BCUT2D eigenvalue weighted by atomic mass is 10.1. The number of sulfonamides is 2. The van der Waals surface area contributed by atoms with E-state index in [1.807, 2.05) is 0 Å². The first-order valence-corrected chi connectivity index (χ1v) is 9.26. The van der Waals surface area contributed by atoms with Crippen LogP contribution in [0.4, 0.5) is 0 Å². The maximum Gasteiger partial charge on any atom is 0.243 e. The van der Waals surface area contributed by atoms with Gasteiger partial charge in [0.1, 0.15) is 4.90 Å². The summed E-state index contributed by atoms with van der Waals surface area (Å²) in [5.74, 6) is 0. The van der Waals surface area contributed by atoms with Crippen LogP contribution in [-0.2, 0) is 20.0 Å². The number of hydrogen-bond acceptors (Lipinski definition) is 5. The minimum atomic E-state index is -3.86. The lowest BCUT2D eigenvalue weighted by molar-refractivity contribution is 0.446. The maximum absolute atomic E-state index is 12.1. The van der Waals surface area contributed by atoms with Gasteiger partial charge in [0.25, 0.3) is 0 Å². The van der Waals surface area contributed by atoms with E-state index < -0.39 is 25.6 Å². The second-order valence-electron chi connectivity index (χ2n) is 4.89. The van der Waals surface area contributed by atoms with E-state index in [2.05, 4.69) is 14.4 Å². The van der Waals surface area contributed by atoms with Gasteiger partial charge in [0.05, 0.1) is 11.3 Å². The average Bonchev–Trinajstić information content (AvgIpc) is 2.24. The Kier molecular flexibility index (Phi) is 5.14. The van der Waals surface area contributed by atoms with Gasteiger partial charge < -0.3 is 0 Å². The molecule has 1 aromatic rings. The number of nitrogens with zero attached hydrogens (tertiary/aromatic N) is 1. The van der Waals surface area contributed by atoms with E-state index in [1.165, 1.54) is 12.3 Å². The smallest absolute Gasteiger partial charge is 0.243 e. The lowest BCUT2D eigenvalue weighted by Crippen LogP contribution is -2.50. The summed E-state index contributed by atoms with van der Waals surface area (Å²) in [7, 11) is -7.30. The first-order valence-electron chi connectivity index (χ1n) is 5.51. The normalized spacial score (nSPS) is 13.4. The Bertz CT molecular complexity index is 686. The molecular weight excluding hydrogens is 326 g/mol. The molecule has 0 fully saturated rings. The van der Waals surface area contributed by atoms with Gasteiger partial charge in [-0.15, -0.1) is 0 Å². The van der Waals surface area contributed by atoms with Crippen LogP contribution in [0.3, 0.4) is 0 Å². The van der Waals surface area contributed by atoms with Gasteiger partial charge in [-0.05, 0) is 19.9 Å². The number of halogens is 1. The standard InChI is InChI=1S/C10H16ClN3O4S2/c1-10(2,14-19(3,15)16)7-13-20(17,18)9-6-12-5-4-8(9)11/h4-6,13-14H,7H2,1-3H3. The molecule has 20 heavy (non-hydrogen) atoms. The second-order valence-corrected chi connectivity index (χ2v) is 8.78. The molecule has 0 saturated carbocycles. The molecule has 0 aromatic carbocycles. The summed E-state index contributed by atoms with van der Waals surface area (Å²) in [5, 5.41) is 0.0429. The highest BCUT2D eigenvalue weighted by Crippen LogP contribution is 2.19. The van der Waals surface area contributed by atoms with Crippen molar-refractivity contribution in [3.8, 4) is 0 Å². The first-order chi connectivity index (χ1) is 8.93. The number of hydrogen-bond donors (Lipinski definition) is 2. The van der Waals surface area contributed by atoms with Crippen LogP contribution in [0.2, 0.25) is 5.02 Å². The highest BCUT2D eigenvalue weighted by molar-refractivity contribution is 7.89. The molecule has 0 aliphatic carbocycles. The molecule has 7 nitrogen and oxygen atoms in total. The predicted octanol–water partition coefficient (Wildman–Crippen LogP) is 0.341. The zero-order valence-electron chi connectivity index (χ0n) is 11.2. The van der Waals surface area contributed by atoms with E-state index in [1.54, 1.807) is 13.8 Å². The summed E-state index contributed by atoms with van der Waals surface area (Å²) in [6.45, 7) is 2.98. The Morgan fingerprint density at radius 3 is 2.40 bits per heavy atom. The molecule has 2 N–H and O–H groups in total. The van der Waals surface area contributed by atoms with Crippen LogP contribution in [0.25, 0.3) is 0 Å². The number of aromatic nitrogens is 1. The topological polar surface area (TPSA) is 105 Å². The third kappa shape index (κ3) is 5.33. The van der Waals surface area contributed by atoms with E-state index in [4.69, 9.17) is 11.6 Å². The predicted molar refractivity (Wildman–Crippen MR) is 76.5 cm³/mol. The summed E-state index contributed by atoms with van der Waals surface area (Å²) in [4.78, 5) is 3.54. The van der Waals surface area contributed by atoms with Gasteiger partial charge in [0.15, 0.2) is 0 Å². The van der Waals surface area contributed by atoms with Gasteiger partial charge in [-0.2, -0.15) is 0 Å². The van der Waals surface area contributed by atoms with Crippen LogP contribution in [0.1, 0.15) is 13.8 Å². The van der Waals surface area contributed by atoms with E-state index in [0.717, 1.165) is 12.5 Å². The summed E-state index contributed by atoms with van der Waals surface area (Å²) < 4.78 is 51.1. The van der Waals surface area contributed by atoms with Gasteiger partial charge in [-0.25, -0.2) is 26.3 Å². The van der Waals surface area contributed by atoms with Crippen LogP contribution >= 0.6 is 11.6 Å². The third-order valence-corrected chi connectivity index (χ3v) is 4.98. The van der Waals surface area contributed by atoms with Crippen LogP contribution in [-0.4, -0.2) is 40.2 Å². The summed E-state index contributed by atoms with van der Waals surface area (Å²) in [6.07, 6.45) is 3.50. The van der Waals surface area contributed by atoms with Crippen LogP contribution < -0.4 is 9.44 Å². The van der Waals surface area contributed by atoms with E-state index in [0.29, 0.717) is 0 Å². The molecule has 1 aromatic heterocycles. The highest BCUT2D eigenvalue weighted by Gasteiger charge is 2.26. The van der Waals surface area contributed by atoms with Crippen molar-refractivity contribution in [3.63, 3.8) is 0 Å². The molecule has 0 radical (unpaired) electrons. The number of nitrogens with one attached hydrogen (secondary N) is 2. The lowest BCUT2D eigenvalue weighted by Gasteiger charge is -2.25. The summed E-state index contributed by atoms with van der Waals surface area (Å²) in [5.41, 5.74) is -0.977. The molecule has 0 spiro atoms. The largest absolute Gasteiger partial charge is 0.263 e. The fraction of sp³-hybridized carbons (Fsp3) is 0.500. The van der Waals surface area contributed by atoms with Crippen LogP contribution in [0.15, 0.2) is 23.4 Å². The summed E-state index contributed by atoms with van der Waals surface area (Å²) in [6, 6.07) is 1.36. The van der Waals surface area contributed by atoms with Gasteiger partial charge in [0, 0.05) is 24.5 Å². The van der Waals surface area contributed by atoms with Crippen LogP contribution in [0.5, 0.6) is 0 Å². The zero-order chi connectivity index (χ0) is 15.6. The Morgan fingerprint density at radius 1 is 1.30 bits per heavy atom. The first kappa shape index (κ1) is 17.3. The van der Waals surface area contributed by atoms with Crippen molar-refractivity contribution < 1.29 is 16.8 Å². The molecule has 1 rings (SSSR count). The highest BCUT2D eigenvalue weighted by atomic mass is 35.5. The molecule has 0 aliphatic rings. The molecule has 0 saturated heterocycles. The Balaban J connectivity index is 2.87. The molecule has 10 heteroatoms. The SMILES string of the molecule is CC(C)(CNS(=O)(=O)c1cnccc1Cl)NS(C)(=O)=O. The van der Waals surface area contributed by atoms with Crippen molar-refractivity contribution in [1.29, 1.82) is 0 Å². The summed E-state index contributed by atoms with van der Waals surface area (Å²) >= 11 is 5.79. The number of pyridine rings is 1. The van der Waals surface area contributed by atoms with Crippen LogP contribution in [0, 0.1) is 0 Å². The Morgan fingerprint density at radius 2 is 1.90 bits per heavy atom.